The molecule has 0 radical (unpaired) electrons. The molecule has 20 heavy (non-hydrogen) atoms. The maximum atomic E-state index is 6.14. The predicted octanol–water partition coefficient (Wildman–Crippen LogP) is 4.36. The largest absolute Gasteiger partial charge is 0.379 e. The number of nitrogens with one attached hydrogen (secondary N) is 1. The molecule has 1 aliphatic rings. The van der Waals surface area contributed by atoms with Crippen molar-refractivity contribution in [1.82, 2.24) is 4.98 Å². The molecule has 0 aliphatic carbocycles. The zero-order chi connectivity index (χ0) is 14.5. The molecule has 1 aromatic heterocycles. The molecule has 0 spiro atoms. The molecule has 1 aliphatic heterocycles. The number of thiazole rings is 1. The zero-order valence-electron chi connectivity index (χ0n) is 12.8. The van der Waals surface area contributed by atoms with Crippen molar-refractivity contribution in [2.24, 2.45) is 0 Å². The van der Waals surface area contributed by atoms with Gasteiger partial charge in [0, 0.05) is 5.69 Å². The molecule has 108 valence electrons. The van der Waals surface area contributed by atoms with E-state index in [1.807, 2.05) is 6.92 Å². The quantitative estimate of drug-likeness (QED) is 0.892. The second-order valence-corrected chi connectivity index (χ2v) is 8.02. The Morgan fingerprint density at radius 3 is 2.70 bits per heavy atom. The summed E-state index contributed by atoms with van der Waals surface area (Å²) < 4.78 is 7.38. The van der Waals surface area contributed by atoms with Gasteiger partial charge in [-0.15, -0.1) is 11.3 Å². The minimum atomic E-state index is -0.151. The Morgan fingerprint density at radius 1 is 1.30 bits per heavy atom. The highest BCUT2D eigenvalue weighted by molar-refractivity contribution is 7.18. The lowest BCUT2D eigenvalue weighted by Gasteiger charge is -2.28. The minimum Gasteiger partial charge on any atom is -0.379 e. The number of anilines is 1. The van der Waals surface area contributed by atoms with Gasteiger partial charge in [-0.05, 0) is 59.2 Å². The SMILES string of the molecule is Cc1nc2ccc(NC3CC(C)(C)OC3(C)C)cc2s1. The van der Waals surface area contributed by atoms with Crippen LogP contribution < -0.4 is 5.32 Å². The van der Waals surface area contributed by atoms with Crippen LogP contribution in [-0.4, -0.2) is 22.2 Å². The monoisotopic (exact) mass is 290 g/mol. The fraction of sp³-hybridized carbons (Fsp3) is 0.562. The Labute approximate surface area is 124 Å². The van der Waals surface area contributed by atoms with E-state index in [1.165, 1.54) is 4.70 Å². The number of rotatable bonds is 2. The molecule has 2 heterocycles. The number of hydrogen-bond donors (Lipinski definition) is 1. The first-order chi connectivity index (χ1) is 9.25. The summed E-state index contributed by atoms with van der Waals surface area (Å²) in [6.45, 7) is 10.7. The van der Waals surface area contributed by atoms with Gasteiger partial charge in [0.1, 0.15) is 0 Å². The summed E-state index contributed by atoms with van der Waals surface area (Å²) in [4.78, 5) is 4.50. The van der Waals surface area contributed by atoms with E-state index in [1.54, 1.807) is 11.3 Å². The number of ether oxygens (including phenoxy) is 1. The smallest absolute Gasteiger partial charge is 0.0907 e. The molecule has 4 heteroatoms. The van der Waals surface area contributed by atoms with E-state index in [2.05, 4.69) is 56.2 Å². The maximum absolute atomic E-state index is 6.14. The van der Waals surface area contributed by atoms with E-state index >= 15 is 0 Å². The third-order valence-corrected chi connectivity index (χ3v) is 4.84. The standard InChI is InChI=1S/C16H22N2OS/c1-10-17-12-7-6-11(8-13(12)20-10)18-14-9-15(2,3)19-16(14,4)5/h6-8,14,18H,9H2,1-5H3. The number of aryl methyl sites for hydroxylation is 1. The molecule has 1 fully saturated rings. The lowest BCUT2D eigenvalue weighted by molar-refractivity contribution is -0.0662. The van der Waals surface area contributed by atoms with Crippen molar-refractivity contribution >= 4 is 27.2 Å². The van der Waals surface area contributed by atoms with Crippen LogP contribution in [0.3, 0.4) is 0 Å². The first-order valence-electron chi connectivity index (χ1n) is 7.09. The summed E-state index contributed by atoms with van der Waals surface area (Å²) in [5.74, 6) is 0. The van der Waals surface area contributed by atoms with Crippen molar-refractivity contribution in [2.45, 2.75) is 58.3 Å². The fourth-order valence-corrected chi connectivity index (χ4v) is 3.98. The number of aromatic nitrogens is 1. The lowest BCUT2D eigenvalue weighted by Crippen LogP contribution is -2.38. The molecule has 0 saturated carbocycles. The average molecular weight is 290 g/mol. The average Bonchev–Trinajstić information content (AvgIpc) is 2.74. The van der Waals surface area contributed by atoms with Crippen molar-refractivity contribution < 1.29 is 4.74 Å². The topological polar surface area (TPSA) is 34.2 Å². The number of benzene rings is 1. The Kier molecular flexibility index (Phi) is 3.07. The van der Waals surface area contributed by atoms with Crippen LogP contribution in [0.4, 0.5) is 5.69 Å². The molecular weight excluding hydrogens is 268 g/mol. The molecule has 1 saturated heterocycles. The maximum Gasteiger partial charge on any atom is 0.0907 e. The van der Waals surface area contributed by atoms with Crippen molar-refractivity contribution in [2.75, 3.05) is 5.32 Å². The Hall–Kier alpha value is -1.13. The van der Waals surface area contributed by atoms with Gasteiger partial charge in [-0.1, -0.05) is 0 Å². The molecule has 3 rings (SSSR count). The zero-order valence-corrected chi connectivity index (χ0v) is 13.6. The number of hydrogen-bond acceptors (Lipinski definition) is 4. The van der Waals surface area contributed by atoms with Crippen molar-refractivity contribution in [1.29, 1.82) is 0 Å². The van der Waals surface area contributed by atoms with Gasteiger partial charge in [0.15, 0.2) is 0 Å². The van der Waals surface area contributed by atoms with Crippen molar-refractivity contribution in [3.8, 4) is 0 Å². The normalized spacial score (nSPS) is 24.1. The van der Waals surface area contributed by atoms with Crippen molar-refractivity contribution in [3.05, 3.63) is 23.2 Å². The van der Waals surface area contributed by atoms with Gasteiger partial charge >= 0.3 is 0 Å². The van der Waals surface area contributed by atoms with Crippen LogP contribution in [0.25, 0.3) is 10.2 Å². The van der Waals surface area contributed by atoms with Crippen LogP contribution >= 0.6 is 11.3 Å². The third kappa shape index (κ3) is 2.54. The third-order valence-electron chi connectivity index (χ3n) is 3.91. The molecular formula is C16H22N2OS. The van der Waals surface area contributed by atoms with E-state index in [0.717, 1.165) is 22.6 Å². The van der Waals surface area contributed by atoms with E-state index in [9.17, 15) is 0 Å². The number of fused-ring (bicyclic) bond motifs is 1. The molecule has 2 aromatic rings. The van der Waals surface area contributed by atoms with Crippen LogP contribution in [0.5, 0.6) is 0 Å². The fourth-order valence-electron chi connectivity index (χ4n) is 3.12. The van der Waals surface area contributed by atoms with E-state index in [4.69, 9.17) is 4.74 Å². The van der Waals surface area contributed by atoms with E-state index in [0.29, 0.717) is 6.04 Å². The van der Waals surface area contributed by atoms with Gasteiger partial charge in [0.25, 0.3) is 0 Å². The van der Waals surface area contributed by atoms with Crippen LogP contribution in [0.2, 0.25) is 0 Å². The highest BCUT2D eigenvalue weighted by Crippen LogP contribution is 2.39. The van der Waals surface area contributed by atoms with Crippen LogP contribution in [0, 0.1) is 6.92 Å². The van der Waals surface area contributed by atoms with Gasteiger partial charge in [-0.25, -0.2) is 4.98 Å². The molecule has 1 aromatic carbocycles. The van der Waals surface area contributed by atoms with Gasteiger partial charge in [0.05, 0.1) is 32.5 Å². The molecule has 0 bridgehead atoms. The van der Waals surface area contributed by atoms with Gasteiger partial charge in [-0.2, -0.15) is 0 Å². The molecule has 3 nitrogen and oxygen atoms in total. The van der Waals surface area contributed by atoms with Gasteiger partial charge in [0.2, 0.25) is 0 Å². The first kappa shape index (κ1) is 13.8. The van der Waals surface area contributed by atoms with Gasteiger partial charge < -0.3 is 10.1 Å². The van der Waals surface area contributed by atoms with Crippen LogP contribution in [0.1, 0.15) is 39.1 Å². The highest BCUT2D eigenvalue weighted by Gasteiger charge is 2.45. The minimum absolute atomic E-state index is 0.0632. The second kappa shape index (κ2) is 4.43. The molecule has 0 amide bonds. The summed E-state index contributed by atoms with van der Waals surface area (Å²) in [7, 11) is 0. The highest BCUT2D eigenvalue weighted by atomic mass is 32.1. The first-order valence-corrected chi connectivity index (χ1v) is 7.91. The van der Waals surface area contributed by atoms with E-state index in [-0.39, 0.29) is 11.2 Å². The second-order valence-electron chi connectivity index (χ2n) is 6.78. The van der Waals surface area contributed by atoms with Crippen LogP contribution in [-0.2, 0) is 4.74 Å². The van der Waals surface area contributed by atoms with Crippen molar-refractivity contribution in [3.63, 3.8) is 0 Å². The molecule has 1 atom stereocenters. The van der Waals surface area contributed by atoms with Gasteiger partial charge in [-0.3, -0.25) is 0 Å². The Bertz CT molecular complexity index is 645. The molecule has 1 unspecified atom stereocenters. The Morgan fingerprint density at radius 2 is 2.05 bits per heavy atom. The summed E-state index contributed by atoms with van der Waals surface area (Å²) in [5.41, 5.74) is 2.02. The summed E-state index contributed by atoms with van der Waals surface area (Å²) >= 11 is 1.74. The van der Waals surface area contributed by atoms with E-state index < -0.39 is 0 Å². The lowest BCUT2D eigenvalue weighted by atomic mass is 9.94. The predicted molar refractivity (Wildman–Crippen MR) is 85.6 cm³/mol. The summed E-state index contributed by atoms with van der Waals surface area (Å²) in [6.07, 6.45) is 1.01. The Balaban J connectivity index is 1.85. The number of nitrogens with zero attached hydrogens (tertiary/aromatic N) is 1. The summed E-state index contributed by atoms with van der Waals surface area (Å²) in [6, 6.07) is 6.73. The summed E-state index contributed by atoms with van der Waals surface area (Å²) in [5, 5.41) is 4.76. The van der Waals surface area contributed by atoms with Crippen LogP contribution in [0.15, 0.2) is 18.2 Å². The molecule has 1 N–H and O–H groups in total.